The molecule has 0 aliphatic carbocycles. The van der Waals surface area contributed by atoms with Crippen LogP contribution in [0.3, 0.4) is 0 Å². The fourth-order valence-corrected chi connectivity index (χ4v) is 1.71. The third kappa shape index (κ3) is 5.62. The molecule has 96 valence electrons. The van der Waals surface area contributed by atoms with Gasteiger partial charge in [-0.2, -0.15) is 5.26 Å². The highest BCUT2D eigenvalue weighted by Crippen LogP contribution is 2.09. The first-order chi connectivity index (χ1) is 8.61. The van der Waals surface area contributed by atoms with Crippen LogP contribution in [0.25, 0.3) is 0 Å². The van der Waals surface area contributed by atoms with Gasteiger partial charge in [-0.1, -0.05) is 6.07 Å². The Morgan fingerprint density at radius 1 is 1.44 bits per heavy atom. The van der Waals surface area contributed by atoms with Crippen molar-refractivity contribution in [3.8, 4) is 6.07 Å². The van der Waals surface area contributed by atoms with E-state index < -0.39 is 0 Å². The monoisotopic (exact) mass is 263 g/mol. The standard InChI is InChI=1S/C13H18N4S/c1-17(2)8-4-7-15-13(18)16-12-6-3-5-11(9-12)10-14/h3,5-6,9H,4,7-8H2,1-2H3,(H2,15,16,18)/p+1. The fourth-order valence-electron chi connectivity index (χ4n) is 1.49. The first-order valence-corrected chi connectivity index (χ1v) is 6.36. The highest BCUT2D eigenvalue weighted by molar-refractivity contribution is 7.80. The van der Waals surface area contributed by atoms with Gasteiger partial charge in [0.05, 0.1) is 32.3 Å². The molecule has 4 nitrogen and oxygen atoms in total. The molecule has 0 aliphatic heterocycles. The molecule has 0 spiro atoms. The van der Waals surface area contributed by atoms with E-state index in [0.29, 0.717) is 10.7 Å². The maximum absolute atomic E-state index is 8.79. The van der Waals surface area contributed by atoms with Crippen LogP contribution >= 0.6 is 12.2 Å². The van der Waals surface area contributed by atoms with Crippen LogP contribution < -0.4 is 15.5 Å². The van der Waals surface area contributed by atoms with Gasteiger partial charge in [-0.15, -0.1) is 0 Å². The number of nitrogens with zero attached hydrogens (tertiary/aromatic N) is 1. The Morgan fingerprint density at radius 3 is 2.89 bits per heavy atom. The summed E-state index contributed by atoms with van der Waals surface area (Å²) >= 11 is 5.18. The molecule has 1 aromatic carbocycles. The Labute approximate surface area is 114 Å². The van der Waals surface area contributed by atoms with Crippen molar-refractivity contribution < 1.29 is 4.90 Å². The quantitative estimate of drug-likeness (QED) is 0.531. The van der Waals surface area contributed by atoms with E-state index >= 15 is 0 Å². The number of thiocarbonyl (C=S) groups is 1. The molecule has 0 aromatic heterocycles. The van der Waals surface area contributed by atoms with Gasteiger partial charge >= 0.3 is 0 Å². The topological polar surface area (TPSA) is 52.3 Å². The summed E-state index contributed by atoms with van der Waals surface area (Å²) in [5, 5.41) is 15.6. The Hall–Kier alpha value is -1.64. The van der Waals surface area contributed by atoms with Crippen LogP contribution in [0.15, 0.2) is 24.3 Å². The van der Waals surface area contributed by atoms with Gasteiger partial charge < -0.3 is 15.5 Å². The lowest BCUT2D eigenvalue weighted by Gasteiger charge is -2.11. The van der Waals surface area contributed by atoms with Crippen molar-refractivity contribution in [1.82, 2.24) is 5.32 Å². The molecular weight excluding hydrogens is 244 g/mol. The smallest absolute Gasteiger partial charge is 0.170 e. The zero-order valence-electron chi connectivity index (χ0n) is 10.8. The van der Waals surface area contributed by atoms with Crippen molar-refractivity contribution >= 4 is 23.0 Å². The first-order valence-electron chi connectivity index (χ1n) is 5.96. The Balaban J connectivity index is 2.33. The highest BCUT2D eigenvalue weighted by atomic mass is 32.1. The molecule has 1 rings (SSSR count). The van der Waals surface area contributed by atoms with Gasteiger partial charge in [-0.05, 0) is 30.4 Å². The van der Waals surface area contributed by atoms with Crippen molar-refractivity contribution in [1.29, 1.82) is 5.26 Å². The summed E-state index contributed by atoms with van der Waals surface area (Å²) in [6.45, 7) is 1.97. The van der Waals surface area contributed by atoms with Crippen LogP contribution in [-0.2, 0) is 0 Å². The van der Waals surface area contributed by atoms with Crippen molar-refractivity contribution in [2.24, 2.45) is 0 Å². The van der Waals surface area contributed by atoms with E-state index in [-0.39, 0.29) is 0 Å². The van der Waals surface area contributed by atoms with E-state index in [1.165, 1.54) is 4.90 Å². The molecule has 1 aromatic rings. The number of rotatable bonds is 5. The van der Waals surface area contributed by atoms with Crippen molar-refractivity contribution in [2.45, 2.75) is 6.42 Å². The largest absolute Gasteiger partial charge is 0.362 e. The lowest BCUT2D eigenvalue weighted by molar-refractivity contribution is -0.858. The second kappa shape index (κ2) is 7.64. The van der Waals surface area contributed by atoms with E-state index in [4.69, 9.17) is 17.5 Å². The van der Waals surface area contributed by atoms with Crippen molar-refractivity contribution in [2.75, 3.05) is 32.5 Å². The maximum atomic E-state index is 8.79. The van der Waals surface area contributed by atoms with Gasteiger partial charge in [0.2, 0.25) is 0 Å². The molecular formula is C13H19N4S+. The van der Waals surface area contributed by atoms with Crippen LogP contribution in [0.2, 0.25) is 0 Å². The summed E-state index contributed by atoms with van der Waals surface area (Å²) in [5.74, 6) is 0. The summed E-state index contributed by atoms with van der Waals surface area (Å²) in [4.78, 5) is 1.43. The minimum absolute atomic E-state index is 0.596. The molecule has 0 aliphatic rings. The van der Waals surface area contributed by atoms with Crippen LogP contribution in [-0.4, -0.2) is 32.3 Å². The van der Waals surface area contributed by atoms with Gasteiger partial charge in [-0.3, -0.25) is 0 Å². The zero-order valence-corrected chi connectivity index (χ0v) is 11.6. The fraction of sp³-hybridized carbons (Fsp3) is 0.385. The van der Waals surface area contributed by atoms with Gasteiger partial charge in [0.1, 0.15) is 0 Å². The summed E-state index contributed by atoms with van der Waals surface area (Å²) in [5.41, 5.74) is 1.46. The highest BCUT2D eigenvalue weighted by Gasteiger charge is 1.99. The molecule has 0 radical (unpaired) electrons. The second-order valence-electron chi connectivity index (χ2n) is 4.38. The molecule has 18 heavy (non-hydrogen) atoms. The average molecular weight is 263 g/mol. The normalized spacial score (nSPS) is 9.89. The summed E-state index contributed by atoms with van der Waals surface area (Å²) in [6, 6.07) is 9.36. The number of nitriles is 1. The molecule has 0 saturated carbocycles. The molecule has 0 saturated heterocycles. The Kier molecular flexibility index (Phi) is 6.12. The predicted octanol–water partition coefficient (Wildman–Crippen LogP) is 0.379. The molecule has 0 atom stereocenters. The third-order valence-electron chi connectivity index (χ3n) is 2.39. The van der Waals surface area contributed by atoms with Gasteiger partial charge in [0.15, 0.2) is 5.11 Å². The van der Waals surface area contributed by atoms with Crippen LogP contribution in [0.5, 0.6) is 0 Å². The number of anilines is 1. The Morgan fingerprint density at radius 2 is 2.22 bits per heavy atom. The maximum Gasteiger partial charge on any atom is 0.170 e. The SMILES string of the molecule is C[NH+](C)CCCNC(=S)Nc1cccc(C#N)c1. The molecule has 0 amide bonds. The van der Waals surface area contributed by atoms with Gasteiger partial charge in [-0.25, -0.2) is 0 Å². The third-order valence-corrected chi connectivity index (χ3v) is 2.64. The van der Waals surface area contributed by atoms with Gasteiger partial charge in [0, 0.05) is 18.7 Å². The van der Waals surface area contributed by atoms with Gasteiger partial charge in [0.25, 0.3) is 0 Å². The lowest BCUT2D eigenvalue weighted by Crippen LogP contribution is -3.05. The predicted molar refractivity (Wildman–Crippen MR) is 77.7 cm³/mol. The minimum atomic E-state index is 0.596. The number of benzene rings is 1. The molecule has 0 fully saturated rings. The lowest BCUT2D eigenvalue weighted by atomic mass is 10.2. The first kappa shape index (κ1) is 14.4. The summed E-state index contributed by atoms with van der Waals surface area (Å²) < 4.78 is 0. The van der Waals surface area contributed by atoms with Crippen LogP contribution in [0.1, 0.15) is 12.0 Å². The molecule has 5 heteroatoms. The van der Waals surface area contributed by atoms with E-state index in [0.717, 1.165) is 25.2 Å². The zero-order chi connectivity index (χ0) is 13.4. The Bertz CT molecular complexity index is 437. The van der Waals surface area contributed by atoms with E-state index in [9.17, 15) is 0 Å². The van der Waals surface area contributed by atoms with E-state index in [2.05, 4.69) is 30.8 Å². The van der Waals surface area contributed by atoms with E-state index in [1.54, 1.807) is 12.1 Å². The molecule has 0 heterocycles. The van der Waals surface area contributed by atoms with Crippen LogP contribution in [0.4, 0.5) is 5.69 Å². The number of hydrogen-bond donors (Lipinski definition) is 3. The summed E-state index contributed by atoms with van der Waals surface area (Å²) in [6.07, 6.45) is 1.07. The second-order valence-corrected chi connectivity index (χ2v) is 4.79. The molecule has 0 bridgehead atoms. The summed E-state index contributed by atoms with van der Waals surface area (Å²) in [7, 11) is 4.26. The molecule has 3 N–H and O–H groups in total. The number of nitrogens with one attached hydrogen (secondary N) is 3. The molecule has 0 unspecified atom stereocenters. The number of quaternary nitrogens is 1. The number of hydrogen-bond acceptors (Lipinski definition) is 2. The van der Waals surface area contributed by atoms with Crippen molar-refractivity contribution in [3.63, 3.8) is 0 Å². The van der Waals surface area contributed by atoms with E-state index in [1.807, 2.05) is 12.1 Å². The average Bonchev–Trinajstić information content (AvgIpc) is 2.34. The minimum Gasteiger partial charge on any atom is -0.362 e. The van der Waals surface area contributed by atoms with Crippen LogP contribution in [0, 0.1) is 11.3 Å². The van der Waals surface area contributed by atoms with Crippen molar-refractivity contribution in [3.05, 3.63) is 29.8 Å².